The van der Waals surface area contributed by atoms with Crippen molar-refractivity contribution in [2.45, 2.75) is 6.92 Å². The minimum Gasteiger partial charge on any atom is -0.463 e. The van der Waals surface area contributed by atoms with Crippen LogP contribution in [0.25, 0.3) is 0 Å². The van der Waals surface area contributed by atoms with Crippen molar-refractivity contribution in [2.75, 3.05) is 18.5 Å². The molecule has 0 aliphatic carbocycles. The number of rotatable bonds is 6. The Morgan fingerprint density at radius 1 is 1.47 bits per heavy atom. The number of benzene rings is 1. The fourth-order valence-electron chi connectivity index (χ4n) is 1.39. The zero-order chi connectivity index (χ0) is 14.3. The molecule has 0 aliphatic heterocycles. The normalized spacial score (nSPS) is 10.4. The highest BCUT2D eigenvalue weighted by Gasteiger charge is 2.07. The number of carbonyl (C=O) groups excluding carboxylic acids is 2. The van der Waals surface area contributed by atoms with Crippen LogP contribution in [0.2, 0.25) is 5.02 Å². The van der Waals surface area contributed by atoms with Gasteiger partial charge in [-0.25, -0.2) is 4.79 Å². The van der Waals surface area contributed by atoms with E-state index < -0.39 is 11.9 Å². The quantitative estimate of drug-likeness (QED) is 0.617. The number of halogens is 1. The van der Waals surface area contributed by atoms with E-state index in [0.717, 1.165) is 0 Å². The van der Waals surface area contributed by atoms with Crippen LogP contribution in [0.15, 0.2) is 30.4 Å². The van der Waals surface area contributed by atoms with Crippen LogP contribution in [0, 0.1) is 0 Å². The van der Waals surface area contributed by atoms with Crippen LogP contribution in [-0.2, 0) is 9.53 Å². The lowest BCUT2D eigenvalue weighted by Crippen LogP contribution is -2.14. The van der Waals surface area contributed by atoms with Gasteiger partial charge in [0.15, 0.2) is 0 Å². The number of anilines is 1. The summed E-state index contributed by atoms with van der Waals surface area (Å²) < 4.78 is 4.73. The fraction of sp³-hybridized carbons (Fsp3) is 0.231. The van der Waals surface area contributed by atoms with Crippen LogP contribution in [0.1, 0.15) is 17.3 Å². The van der Waals surface area contributed by atoms with Crippen LogP contribution in [0.5, 0.6) is 0 Å². The molecule has 0 heterocycles. The smallest absolute Gasteiger partial charge is 0.330 e. The van der Waals surface area contributed by atoms with Gasteiger partial charge in [0.2, 0.25) is 0 Å². The molecule has 0 aromatic heterocycles. The Morgan fingerprint density at radius 3 is 2.84 bits per heavy atom. The molecule has 1 rings (SSSR count). The van der Waals surface area contributed by atoms with Crippen molar-refractivity contribution < 1.29 is 14.3 Å². The molecule has 0 saturated carbocycles. The Kier molecular flexibility index (Phi) is 5.89. The van der Waals surface area contributed by atoms with Crippen molar-refractivity contribution in [1.29, 1.82) is 0 Å². The first kappa shape index (κ1) is 15.0. The lowest BCUT2D eigenvalue weighted by Gasteiger charge is -2.08. The molecule has 0 fully saturated rings. The Bertz CT molecular complexity index is 501. The minimum atomic E-state index is -0.548. The van der Waals surface area contributed by atoms with Crippen LogP contribution in [-0.4, -0.2) is 25.0 Å². The van der Waals surface area contributed by atoms with Crippen LogP contribution >= 0.6 is 11.6 Å². The number of nitrogens with one attached hydrogen (secondary N) is 1. The van der Waals surface area contributed by atoms with Gasteiger partial charge in [0, 0.05) is 23.3 Å². The number of esters is 1. The molecule has 102 valence electrons. The maximum Gasteiger partial charge on any atom is 0.330 e. The summed E-state index contributed by atoms with van der Waals surface area (Å²) in [6.45, 7) is 2.41. The van der Waals surface area contributed by atoms with Gasteiger partial charge in [-0.15, -0.1) is 0 Å². The molecule has 1 aromatic rings. The second-order valence-corrected chi connectivity index (χ2v) is 4.03. The third kappa shape index (κ3) is 5.01. The minimum absolute atomic E-state index is 0.330. The number of primary amides is 1. The highest BCUT2D eigenvalue weighted by molar-refractivity contribution is 6.31. The second-order valence-electron chi connectivity index (χ2n) is 3.59. The van der Waals surface area contributed by atoms with Crippen LogP contribution in [0.4, 0.5) is 5.69 Å². The molecule has 1 aromatic carbocycles. The Labute approximate surface area is 116 Å². The van der Waals surface area contributed by atoms with Gasteiger partial charge in [0.05, 0.1) is 12.2 Å². The summed E-state index contributed by atoms with van der Waals surface area (Å²) in [6, 6.07) is 4.73. The second kappa shape index (κ2) is 7.43. The fourth-order valence-corrected chi connectivity index (χ4v) is 1.56. The molecule has 19 heavy (non-hydrogen) atoms. The van der Waals surface area contributed by atoms with E-state index >= 15 is 0 Å². The number of carbonyl (C=O) groups is 2. The molecule has 0 spiro atoms. The first-order valence-electron chi connectivity index (χ1n) is 5.71. The van der Waals surface area contributed by atoms with Gasteiger partial charge < -0.3 is 15.8 Å². The predicted octanol–water partition coefficient (Wildman–Crippen LogP) is 1.97. The third-order valence-corrected chi connectivity index (χ3v) is 2.43. The molecule has 3 N–H and O–H groups in total. The summed E-state index contributed by atoms with van der Waals surface area (Å²) in [5.74, 6) is -0.959. The van der Waals surface area contributed by atoms with E-state index in [-0.39, 0.29) is 0 Å². The molecule has 0 atom stereocenters. The molecule has 5 nitrogen and oxygen atoms in total. The van der Waals surface area contributed by atoms with E-state index in [1.165, 1.54) is 6.08 Å². The Balaban J connectivity index is 2.64. The van der Waals surface area contributed by atoms with Gasteiger partial charge >= 0.3 is 5.97 Å². The molecule has 0 radical (unpaired) electrons. The highest BCUT2D eigenvalue weighted by atomic mass is 35.5. The van der Waals surface area contributed by atoms with Crippen molar-refractivity contribution in [3.8, 4) is 0 Å². The van der Waals surface area contributed by atoms with E-state index in [9.17, 15) is 9.59 Å². The molecule has 0 bridgehead atoms. The van der Waals surface area contributed by atoms with Crippen molar-refractivity contribution in [3.63, 3.8) is 0 Å². The van der Waals surface area contributed by atoms with Crippen LogP contribution < -0.4 is 11.1 Å². The molecule has 0 aliphatic rings. The number of hydrogen-bond donors (Lipinski definition) is 2. The molecule has 0 unspecified atom stereocenters. The number of hydrogen-bond acceptors (Lipinski definition) is 4. The monoisotopic (exact) mass is 282 g/mol. The van der Waals surface area contributed by atoms with Gasteiger partial charge in [-0.1, -0.05) is 17.7 Å². The average molecular weight is 283 g/mol. The summed E-state index contributed by atoms with van der Waals surface area (Å²) in [5, 5.41) is 3.44. The number of nitrogens with two attached hydrogens (primary N) is 1. The van der Waals surface area contributed by atoms with Crippen molar-refractivity contribution in [2.24, 2.45) is 5.73 Å². The molecular formula is C13H15ClN2O3. The topological polar surface area (TPSA) is 81.4 Å². The molecule has 0 saturated heterocycles. The van der Waals surface area contributed by atoms with E-state index in [2.05, 4.69) is 5.32 Å². The zero-order valence-corrected chi connectivity index (χ0v) is 11.2. The summed E-state index contributed by atoms with van der Waals surface area (Å²) in [4.78, 5) is 22.3. The molecule has 6 heteroatoms. The van der Waals surface area contributed by atoms with Gasteiger partial charge in [0.25, 0.3) is 5.91 Å². The standard InChI is InChI=1S/C13H15ClN2O3/c1-2-19-12(17)4-3-7-16-11-8-9(14)5-6-10(11)13(15)18/h3-6,8,16H,2,7H2,1H3,(H2,15,18)/b4-3+. The number of ether oxygens (including phenoxy) is 1. The summed E-state index contributed by atoms with van der Waals surface area (Å²) >= 11 is 5.84. The maximum absolute atomic E-state index is 11.2. The average Bonchev–Trinajstić information content (AvgIpc) is 2.34. The SMILES string of the molecule is CCOC(=O)/C=C/CNc1cc(Cl)ccc1C(N)=O. The lowest BCUT2D eigenvalue weighted by molar-refractivity contribution is -0.137. The summed E-state index contributed by atoms with van der Waals surface area (Å²) in [5.41, 5.74) is 6.11. The van der Waals surface area contributed by atoms with E-state index in [1.54, 1.807) is 31.2 Å². The first-order valence-corrected chi connectivity index (χ1v) is 6.09. The molecular weight excluding hydrogens is 268 g/mol. The third-order valence-electron chi connectivity index (χ3n) is 2.20. The first-order chi connectivity index (χ1) is 9.04. The molecule has 1 amide bonds. The van der Waals surface area contributed by atoms with E-state index in [1.807, 2.05) is 0 Å². The van der Waals surface area contributed by atoms with Crippen molar-refractivity contribution >= 4 is 29.2 Å². The highest BCUT2D eigenvalue weighted by Crippen LogP contribution is 2.20. The predicted molar refractivity (Wildman–Crippen MR) is 74.2 cm³/mol. The van der Waals surface area contributed by atoms with Gasteiger partial charge in [-0.2, -0.15) is 0 Å². The van der Waals surface area contributed by atoms with E-state index in [0.29, 0.717) is 29.4 Å². The zero-order valence-electron chi connectivity index (χ0n) is 10.5. The summed E-state index contributed by atoms with van der Waals surface area (Å²) in [6.07, 6.45) is 2.90. The maximum atomic E-state index is 11.2. The lowest BCUT2D eigenvalue weighted by atomic mass is 10.1. The largest absolute Gasteiger partial charge is 0.463 e. The van der Waals surface area contributed by atoms with Gasteiger partial charge in [0.1, 0.15) is 0 Å². The van der Waals surface area contributed by atoms with Gasteiger partial charge in [-0.3, -0.25) is 4.79 Å². The summed E-state index contributed by atoms with van der Waals surface area (Å²) in [7, 11) is 0. The Morgan fingerprint density at radius 2 is 2.21 bits per heavy atom. The van der Waals surface area contributed by atoms with Gasteiger partial charge in [-0.05, 0) is 25.1 Å². The van der Waals surface area contributed by atoms with E-state index in [4.69, 9.17) is 22.1 Å². The van der Waals surface area contributed by atoms with Crippen molar-refractivity contribution in [3.05, 3.63) is 40.9 Å². The van der Waals surface area contributed by atoms with Crippen molar-refractivity contribution in [1.82, 2.24) is 0 Å². The number of amides is 1. The van der Waals surface area contributed by atoms with Crippen LogP contribution in [0.3, 0.4) is 0 Å². The Hall–Kier alpha value is -2.01.